The molecule has 7 heteroatoms. The number of nitrogens with zero attached hydrogens (tertiary/aromatic N) is 2. The van der Waals surface area contributed by atoms with E-state index in [2.05, 4.69) is 16.0 Å². The van der Waals surface area contributed by atoms with Gasteiger partial charge in [0, 0.05) is 23.2 Å². The Labute approximate surface area is 209 Å². The van der Waals surface area contributed by atoms with Crippen LogP contribution in [-0.4, -0.2) is 24.4 Å². The van der Waals surface area contributed by atoms with Gasteiger partial charge in [0.25, 0.3) is 0 Å². The molecule has 36 heavy (non-hydrogen) atoms. The predicted molar refractivity (Wildman–Crippen MR) is 139 cm³/mol. The summed E-state index contributed by atoms with van der Waals surface area (Å²) in [7, 11) is 1.58. The third-order valence-corrected chi connectivity index (χ3v) is 6.51. The number of hydrogen-bond acceptors (Lipinski definition) is 5. The number of nitriles is 1. The summed E-state index contributed by atoms with van der Waals surface area (Å²) in [5.74, 6) is 1.90. The first-order valence-corrected chi connectivity index (χ1v) is 12.1. The van der Waals surface area contributed by atoms with E-state index < -0.39 is 6.09 Å². The van der Waals surface area contributed by atoms with Crippen molar-refractivity contribution in [2.24, 2.45) is 0 Å². The van der Waals surface area contributed by atoms with Crippen molar-refractivity contribution < 1.29 is 19.0 Å². The van der Waals surface area contributed by atoms with E-state index in [4.69, 9.17) is 14.2 Å². The zero-order valence-corrected chi connectivity index (χ0v) is 20.3. The van der Waals surface area contributed by atoms with Crippen molar-refractivity contribution in [1.29, 1.82) is 5.26 Å². The van der Waals surface area contributed by atoms with Crippen LogP contribution in [0.15, 0.2) is 66.7 Å². The second-order valence-electron chi connectivity index (χ2n) is 8.67. The lowest BCUT2D eigenvalue weighted by molar-refractivity contribution is 0.215. The van der Waals surface area contributed by atoms with Crippen LogP contribution < -0.4 is 19.5 Å². The van der Waals surface area contributed by atoms with Gasteiger partial charge >= 0.3 is 6.09 Å². The van der Waals surface area contributed by atoms with Crippen LogP contribution in [0.2, 0.25) is 0 Å². The Morgan fingerprint density at radius 2 is 1.72 bits per heavy atom. The van der Waals surface area contributed by atoms with Gasteiger partial charge in [0.15, 0.2) is 0 Å². The lowest BCUT2D eigenvalue weighted by Crippen LogP contribution is -2.18. The summed E-state index contributed by atoms with van der Waals surface area (Å²) in [4.78, 5) is 12.4. The average Bonchev–Trinajstić information content (AvgIpc) is 3.17. The van der Waals surface area contributed by atoms with Crippen LogP contribution in [0.25, 0.3) is 22.2 Å². The summed E-state index contributed by atoms with van der Waals surface area (Å²) in [5.41, 5.74) is 4.09. The molecule has 0 aliphatic heterocycles. The minimum absolute atomic E-state index is 0.346. The second kappa shape index (κ2) is 10.0. The normalized spacial score (nSPS) is 13.0. The van der Waals surface area contributed by atoms with Gasteiger partial charge in [-0.2, -0.15) is 5.26 Å². The molecule has 0 unspecified atom stereocenters. The molecule has 1 heterocycles. The number of ether oxygens (including phenoxy) is 3. The fourth-order valence-electron chi connectivity index (χ4n) is 4.57. The van der Waals surface area contributed by atoms with Gasteiger partial charge in [-0.25, -0.2) is 4.79 Å². The van der Waals surface area contributed by atoms with Crippen molar-refractivity contribution in [3.8, 4) is 34.6 Å². The smallest absolute Gasteiger partial charge is 0.417 e. The number of nitrogens with one attached hydrogen (secondary N) is 1. The number of amides is 1. The Morgan fingerprint density at radius 3 is 2.33 bits per heavy atom. The van der Waals surface area contributed by atoms with E-state index in [1.165, 1.54) is 6.42 Å². The molecule has 4 aromatic rings. The summed E-state index contributed by atoms with van der Waals surface area (Å²) in [5, 5.41) is 13.8. The highest BCUT2D eigenvalue weighted by molar-refractivity contribution is 5.96. The summed E-state index contributed by atoms with van der Waals surface area (Å²) in [6.45, 7) is 2.55. The third kappa shape index (κ3) is 4.46. The van der Waals surface area contributed by atoms with Crippen molar-refractivity contribution >= 4 is 22.7 Å². The quantitative estimate of drug-likeness (QED) is 0.310. The van der Waals surface area contributed by atoms with Gasteiger partial charge in [-0.05, 0) is 80.3 Å². The fourth-order valence-corrected chi connectivity index (χ4v) is 4.57. The number of hydrogen-bond donors (Lipinski definition) is 1. The Balaban J connectivity index is 1.43. The van der Waals surface area contributed by atoms with Gasteiger partial charge in [0.05, 0.1) is 30.5 Å². The summed E-state index contributed by atoms with van der Waals surface area (Å²) in [6.07, 6.45) is 2.75. The van der Waals surface area contributed by atoms with E-state index in [9.17, 15) is 10.1 Å². The van der Waals surface area contributed by atoms with Crippen molar-refractivity contribution in [1.82, 2.24) is 4.57 Å². The first kappa shape index (κ1) is 23.3. The standard InChI is InChI=1S/C29H27N3O4/c1-3-35-24-15-16-25-26(18-30)28(32(27(25)17-24)21-5-4-6-21)19-7-9-20(10-8-19)31-29(33)36-23-13-11-22(34-2)12-14-23/h7-17,21H,3-6H2,1-2H3,(H,31,33). The lowest BCUT2D eigenvalue weighted by Gasteiger charge is -2.30. The number of fused-ring (bicyclic) bond motifs is 1. The molecule has 7 nitrogen and oxygen atoms in total. The molecule has 0 atom stereocenters. The number of carbonyl (C=O) groups excluding carboxylic acids is 1. The minimum atomic E-state index is -0.585. The highest BCUT2D eigenvalue weighted by atomic mass is 16.6. The molecule has 0 bridgehead atoms. The number of anilines is 1. The molecule has 1 aliphatic carbocycles. The predicted octanol–water partition coefficient (Wildman–Crippen LogP) is 6.92. The number of benzene rings is 3. The van der Waals surface area contributed by atoms with Crippen LogP contribution in [0.1, 0.15) is 37.8 Å². The van der Waals surface area contributed by atoms with Crippen molar-refractivity contribution in [2.75, 3.05) is 19.0 Å². The van der Waals surface area contributed by atoms with Crippen LogP contribution in [0.5, 0.6) is 17.2 Å². The van der Waals surface area contributed by atoms with E-state index in [1.54, 1.807) is 31.4 Å². The third-order valence-electron chi connectivity index (χ3n) is 6.51. The van der Waals surface area contributed by atoms with Crippen LogP contribution in [0.4, 0.5) is 10.5 Å². The average molecular weight is 482 g/mol. The fraction of sp³-hybridized carbons (Fsp3) is 0.241. The monoisotopic (exact) mass is 481 g/mol. The Bertz CT molecular complexity index is 1430. The Kier molecular flexibility index (Phi) is 6.50. The molecule has 0 radical (unpaired) electrons. The molecule has 1 aromatic heterocycles. The number of methoxy groups -OCH3 is 1. The largest absolute Gasteiger partial charge is 0.497 e. The molecule has 5 rings (SSSR count). The molecule has 182 valence electrons. The summed E-state index contributed by atoms with van der Waals surface area (Å²) >= 11 is 0. The Hall–Kier alpha value is -4.44. The van der Waals surface area contributed by atoms with Gasteiger partial charge in [0.1, 0.15) is 23.3 Å². The lowest BCUT2D eigenvalue weighted by atomic mass is 9.92. The number of aromatic nitrogens is 1. The number of rotatable bonds is 7. The maximum absolute atomic E-state index is 12.4. The van der Waals surface area contributed by atoms with Crippen LogP contribution >= 0.6 is 0 Å². The molecule has 1 saturated carbocycles. The van der Waals surface area contributed by atoms with Gasteiger partial charge < -0.3 is 18.8 Å². The topological polar surface area (TPSA) is 85.5 Å². The zero-order chi connectivity index (χ0) is 25.1. The van der Waals surface area contributed by atoms with Crippen molar-refractivity contribution in [3.05, 3.63) is 72.3 Å². The molecular formula is C29H27N3O4. The van der Waals surface area contributed by atoms with Crippen molar-refractivity contribution in [3.63, 3.8) is 0 Å². The summed E-state index contributed by atoms with van der Waals surface area (Å²) < 4.78 is 18.5. The van der Waals surface area contributed by atoms with Crippen LogP contribution in [-0.2, 0) is 0 Å². The molecule has 1 aliphatic rings. The SMILES string of the molecule is CCOc1ccc2c(C#N)c(-c3ccc(NC(=O)Oc4ccc(OC)cc4)cc3)n(C3CCC3)c2c1. The molecule has 3 aromatic carbocycles. The van der Waals surface area contributed by atoms with Crippen molar-refractivity contribution in [2.45, 2.75) is 32.2 Å². The zero-order valence-electron chi connectivity index (χ0n) is 20.3. The molecule has 1 fully saturated rings. The Morgan fingerprint density at radius 1 is 1.03 bits per heavy atom. The maximum Gasteiger partial charge on any atom is 0.417 e. The first-order valence-electron chi connectivity index (χ1n) is 12.1. The molecular weight excluding hydrogens is 454 g/mol. The minimum Gasteiger partial charge on any atom is -0.497 e. The first-order chi connectivity index (χ1) is 17.6. The maximum atomic E-state index is 12.4. The van der Waals surface area contributed by atoms with Crippen LogP contribution in [0, 0.1) is 11.3 Å². The van der Waals surface area contributed by atoms with Crippen LogP contribution in [0.3, 0.4) is 0 Å². The molecule has 0 spiro atoms. The van der Waals surface area contributed by atoms with Gasteiger partial charge in [0.2, 0.25) is 0 Å². The van der Waals surface area contributed by atoms with Gasteiger partial charge in [-0.15, -0.1) is 0 Å². The molecule has 0 saturated heterocycles. The second-order valence-corrected chi connectivity index (χ2v) is 8.67. The molecule has 1 amide bonds. The highest BCUT2D eigenvalue weighted by Crippen LogP contribution is 2.43. The van der Waals surface area contributed by atoms with E-state index in [0.717, 1.165) is 40.8 Å². The highest BCUT2D eigenvalue weighted by Gasteiger charge is 2.28. The van der Waals surface area contributed by atoms with Gasteiger partial charge in [-0.1, -0.05) is 12.1 Å². The van der Waals surface area contributed by atoms with E-state index in [-0.39, 0.29) is 0 Å². The van der Waals surface area contributed by atoms with E-state index >= 15 is 0 Å². The molecule has 1 N–H and O–H groups in total. The van der Waals surface area contributed by atoms with E-state index in [0.29, 0.717) is 35.4 Å². The summed E-state index contributed by atoms with van der Waals surface area (Å²) in [6, 6.07) is 23.0. The van der Waals surface area contributed by atoms with Gasteiger partial charge in [-0.3, -0.25) is 5.32 Å². The van der Waals surface area contributed by atoms with E-state index in [1.807, 2.05) is 49.4 Å². The number of carbonyl (C=O) groups is 1.